The molecule has 0 aliphatic rings. The zero-order chi connectivity index (χ0) is 11.0. The number of carbonyl (C=O) groups is 1. The number of benzene rings is 1. The summed E-state index contributed by atoms with van der Waals surface area (Å²) in [4.78, 5) is 8.81. The van der Waals surface area contributed by atoms with Crippen LogP contribution in [0.4, 0.5) is 5.69 Å². The van der Waals surface area contributed by atoms with Gasteiger partial charge in [-0.3, -0.25) is 0 Å². The van der Waals surface area contributed by atoms with E-state index in [9.17, 15) is 0 Å². The molecule has 0 atom stereocenters. The van der Waals surface area contributed by atoms with Gasteiger partial charge in [0.25, 0.3) is 0 Å². The highest BCUT2D eigenvalue weighted by molar-refractivity contribution is 5.44. The van der Waals surface area contributed by atoms with E-state index in [1.54, 1.807) is 0 Å². The Balaban J connectivity index is 0.000000500. The predicted molar refractivity (Wildman–Crippen MR) is 61.8 cm³/mol. The fourth-order valence-corrected chi connectivity index (χ4v) is 1.03. The molecule has 0 aliphatic heterocycles. The minimum atomic E-state index is 0.626. The maximum Gasteiger partial charge on any atom is 0.116 e. The molecule has 2 heteroatoms. The molecule has 0 unspecified atom stereocenters. The number of rotatable bonds is 2. The van der Waals surface area contributed by atoms with Crippen LogP contribution in [0, 0.1) is 0 Å². The zero-order valence-corrected chi connectivity index (χ0v) is 9.37. The number of aldehydes is 1. The fourth-order valence-electron chi connectivity index (χ4n) is 1.03. The van der Waals surface area contributed by atoms with Crippen molar-refractivity contribution in [3.8, 4) is 0 Å². The molecule has 0 bridgehead atoms. The summed E-state index contributed by atoms with van der Waals surface area (Å²) in [7, 11) is 1.93. The lowest BCUT2D eigenvalue weighted by Crippen LogP contribution is -1.90. The van der Waals surface area contributed by atoms with Gasteiger partial charge in [-0.2, -0.15) is 0 Å². The summed E-state index contributed by atoms with van der Waals surface area (Å²) in [5.41, 5.74) is 2.57. The Morgan fingerprint density at radius 2 is 1.64 bits per heavy atom. The number of hydrogen-bond donors (Lipinski definition) is 1. The molecular formula is C12H19NO. The molecule has 0 spiro atoms. The minimum Gasteiger partial charge on any atom is -0.388 e. The molecule has 0 radical (unpaired) electrons. The SMILES string of the molecule is CC=O.CNc1ccc(C(C)C)cc1. The van der Waals surface area contributed by atoms with E-state index in [1.807, 2.05) is 7.05 Å². The summed E-state index contributed by atoms with van der Waals surface area (Å²) in [5.74, 6) is 0.626. The number of anilines is 1. The van der Waals surface area contributed by atoms with Crippen LogP contribution < -0.4 is 5.32 Å². The van der Waals surface area contributed by atoms with Crippen LogP contribution in [0.3, 0.4) is 0 Å². The van der Waals surface area contributed by atoms with E-state index >= 15 is 0 Å². The lowest BCUT2D eigenvalue weighted by Gasteiger charge is -2.05. The van der Waals surface area contributed by atoms with Crippen molar-refractivity contribution in [1.82, 2.24) is 0 Å². The second kappa shape index (κ2) is 7.13. The van der Waals surface area contributed by atoms with E-state index in [0.29, 0.717) is 5.92 Å². The Hall–Kier alpha value is -1.31. The van der Waals surface area contributed by atoms with Crippen molar-refractivity contribution in [3.05, 3.63) is 29.8 Å². The molecular weight excluding hydrogens is 174 g/mol. The van der Waals surface area contributed by atoms with Gasteiger partial charge in [-0.15, -0.1) is 0 Å². The quantitative estimate of drug-likeness (QED) is 0.731. The zero-order valence-electron chi connectivity index (χ0n) is 9.37. The standard InChI is InChI=1S/C10H15N.C2H4O/c1-8(2)9-4-6-10(11-3)7-5-9;1-2-3/h4-8,11H,1-3H3;2H,1H3. The Morgan fingerprint density at radius 3 is 1.93 bits per heavy atom. The molecule has 14 heavy (non-hydrogen) atoms. The van der Waals surface area contributed by atoms with Gasteiger partial charge >= 0.3 is 0 Å². The topological polar surface area (TPSA) is 29.1 Å². The van der Waals surface area contributed by atoms with Crippen LogP contribution in [0.25, 0.3) is 0 Å². The molecule has 1 aromatic rings. The Morgan fingerprint density at radius 1 is 1.21 bits per heavy atom. The van der Waals surface area contributed by atoms with Crippen LogP contribution >= 0.6 is 0 Å². The number of carbonyl (C=O) groups excluding carboxylic acids is 1. The average molecular weight is 193 g/mol. The molecule has 0 saturated carbocycles. The smallest absolute Gasteiger partial charge is 0.116 e. The molecule has 0 aromatic heterocycles. The molecule has 0 aliphatic carbocycles. The summed E-state index contributed by atoms with van der Waals surface area (Å²) < 4.78 is 0. The number of nitrogens with one attached hydrogen (secondary N) is 1. The Labute approximate surface area is 86.3 Å². The van der Waals surface area contributed by atoms with Crippen molar-refractivity contribution in [2.45, 2.75) is 26.7 Å². The fraction of sp³-hybridized carbons (Fsp3) is 0.417. The Kier molecular flexibility index (Phi) is 6.46. The van der Waals surface area contributed by atoms with Gasteiger partial charge in [0.05, 0.1) is 0 Å². The van der Waals surface area contributed by atoms with Crippen molar-refractivity contribution in [1.29, 1.82) is 0 Å². The maximum absolute atomic E-state index is 8.81. The van der Waals surface area contributed by atoms with E-state index in [1.165, 1.54) is 18.2 Å². The molecule has 0 heterocycles. The van der Waals surface area contributed by atoms with Gasteiger partial charge in [-0.05, 0) is 30.5 Å². The van der Waals surface area contributed by atoms with Crippen molar-refractivity contribution in [2.24, 2.45) is 0 Å². The normalized spacial score (nSPS) is 8.93. The Bertz CT molecular complexity index is 252. The van der Waals surface area contributed by atoms with Gasteiger partial charge in [0.1, 0.15) is 6.29 Å². The predicted octanol–water partition coefficient (Wildman–Crippen LogP) is 3.06. The molecule has 0 amide bonds. The van der Waals surface area contributed by atoms with Crippen molar-refractivity contribution in [2.75, 3.05) is 12.4 Å². The highest BCUT2D eigenvalue weighted by Gasteiger charge is 1.96. The third-order valence-corrected chi connectivity index (χ3v) is 1.87. The third kappa shape index (κ3) is 4.65. The van der Waals surface area contributed by atoms with Gasteiger partial charge in [-0.1, -0.05) is 26.0 Å². The largest absolute Gasteiger partial charge is 0.388 e. The summed E-state index contributed by atoms with van der Waals surface area (Å²) in [6, 6.07) is 8.54. The first-order valence-corrected chi connectivity index (χ1v) is 4.83. The van der Waals surface area contributed by atoms with Crippen LogP contribution in [0.1, 0.15) is 32.3 Å². The molecule has 0 fully saturated rings. The van der Waals surface area contributed by atoms with E-state index in [0.717, 1.165) is 6.29 Å². The molecule has 2 nitrogen and oxygen atoms in total. The van der Waals surface area contributed by atoms with E-state index in [2.05, 4.69) is 43.4 Å². The van der Waals surface area contributed by atoms with Crippen molar-refractivity contribution < 1.29 is 4.79 Å². The first-order valence-electron chi connectivity index (χ1n) is 4.83. The summed E-state index contributed by atoms with van der Waals surface area (Å²) in [6.45, 7) is 5.85. The van der Waals surface area contributed by atoms with Gasteiger partial charge in [-0.25, -0.2) is 0 Å². The molecule has 1 rings (SSSR count). The summed E-state index contributed by atoms with van der Waals surface area (Å²) in [6.07, 6.45) is 0.750. The minimum absolute atomic E-state index is 0.626. The van der Waals surface area contributed by atoms with Crippen LogP contribution in [-0.2, 0) is 4.79 Å². The maximum atomic E-state index is 8.81. The van der Waals surface area contributed by atoms with E-state index in [-0.39, 0.29) is 0 Å². The second-order valence-corrected chi connectivity index (χ2v) is 3.26. The average Bonchev–Trinajstić information content (AvgIpc) is 2.19. The van der Waals surface area contributed by atoms with E-state index < -0.39 is 0 Å². The number of hydrogen-bond acceptors (Lipinski definition) is 2. The third-order valence-electron chi connectivity index (χ3n) is 1.87. The van der Waals surface area contributed by atoms with Crippen LogP contribution in [-0.4, -0.2) is 13.3 Å². The monoisotopic (exact) mass is 193 g/mol. The van der Waals surface area contributed by atoms with E-state index in [4.69, 9.17) is 4.79 Å². The molecule has 78 valence electrons. The molecule has 0 saturated heterocycles. The van der Waals surface area contributed by atoms with Crippen molar-refractivity contribution in [3.63, 3.8) is 0 Å². The van der Waals surface area contributed by atoms with Gasteiger partial charge in [0.2, 0.25) is 0 Å². The summed E-state index contributed by atoms with van der Waals surface area (Å²) >= 11 is 0. The van der Waals surface area contributed by atoms with Gasteiger partial charge in [0, 0.05) is 12.7 Å². The first-order chi connectivity index (χ1) is 6.65. The molecule has 1 N–H and O–H groups in total. The van der Waals surface area contributed by atoms with Crippen LogP contribution in [0.2, 0.25) is 0 Å². The van der Waals surface area contributed by atoms with Crippen LogP contribution in [0.5, 0.6) is 0 Å². The first kappa shape index (κ1) is 12.7. The van der Waals surface area contributed by atoms with Crippen molar-refractivity contribution >= 4 is 12.0 Å². The highest BCUT2D eigenvalue weighted by atomic mass is 16.1. The van der Waals surface area contributed by atoms with Crippen LogP contribution in [0.15, 0.2) is 24.3 Å². The lowest BCUT2D eigenvalue weighted by molar-refractivity contribution is -0.106. The summed E-state index contributed by atoms with van der Waals surface area (Å²) in [5, 5.41) is 3.09. The highest BCUT2D eigenvalue weighted by Crippen LogP contribution is 2.16. The van der Waals surface area contributed by atoms with Gasteiger partial charge in [0.15, 0.2) is 0 Å². The molecule has 1 aromatic carbocycles. The second-order valence-electron chi connectivity index (χ2n) is 3.26. The van der Waals surface area contributed by atoms with Gasteiger partial charge < -0.3 is 10.1 Å². The lowest BCUT2D eigenvalue weighted by atomic mass is 10.0.